The van der Waals surface area contributed by atoms with Crippen LogP contribution in [-0.2, 0) is 6.42 Å². The van der Waals surface area contributed by atoms with Crippen molar-refractivity contribution in [2.75, 3.05) is 0 Å². The van der Waals surface area contributed by atoms with Crippen LogP contribution in [0.15, 0.2) is 59.4 Å². The van der Waals surface area contributed by atoms with E-state index in [2.05, 4.69) is 0 Å². The maximum atomic E-state index is 13.4. The molecule has 0 amide bonds. The summed E-state index contributed by atoms with van der Waals surface area (Å²) >= 11 is 0. The van der Waals surface area contributed by atoms with E-state index in [0.717, 1.165) is 23.2 Å². The summed E-state index contributed by atoms with van der Waals surface area (Å²) < 4.78 is 15.0. The molecule has 0 spiro atoms. The predicted octanol–water partition coefficient (Wildman–Crippen LogP) is 3.69. The number of pyridine rings is 1. The summed E-state index contributed by atoms with van der Waals surface area (Å²) in [5.74, 6) is -0.390. The third-order valence-electron chi connectivity index (χ3n) is 3.43. The van der Waals surface area contributed by atoms with Crippen molar-refractivity contribution < 1.29 is 4.39 Å². The van der Waals surface area contributed by atoms with Gasteiger partial charge < -0.3 is 0 Å². The molecule has 0 atom stereocenters. The van der Waals surface area contributed by atoms with Gasteiger partial charge in [-0.3, -0.25) is 9.36 Å². The minimum absolute atomic E-state index is 0.176. The summed E-state index contributed by atoms with van der Waals surface area (Å²) in [5, 5.41) is 1.19. The van der Waals surface area contributed by atoms with Gasteiger partial charge in [0.05, 0.1) is 5.39 Å². The number of nitrogens with zero attached hydrogens (tertiary/aromatic N) is 1. The number of hydrogen-bond donors (Lipinski definition) is 0. The van der Waals surface area contributed by atoms with E-state index in [1.807, 2.05) is 43.3 Å². The third kappa shape index (κ3) is 2.01. The molecule has 2 nitrogen and oxygen atoms in total. The fourth-order valence-corrected chi connectivity index (χ4v) is 2.45. The minimum atomic E-state index is -0.390. The Morgan fingerprint density at radius 2 is 1.80 bits per heavy atom. The van der Waals surface area contributed by atoms with Crippen LogP contribution in [0.3, 0.4) is 0 Å². The van der Waals surface area contributed by atoms with Crippen LogP contribution in [-0.4, -0.2) is 4.57 Å². The van der Waals surface area contributed by atoms with Crippen molar-refractivity contribution in [2.45, 2.75) is 13.3 Å². The smallest absolute Gasteiger partial charge is 0.263 e. The lowest BCUT2D eigenvalue weighted by atomic mass is 10.1. The zero-order chi connectivity index (χ0) is 14.1. The fourth-order valence-electron chi connectivity index (χ4n) is 2.45. The van der Waals surface area contributed by atoms with Crippen molar-refractivity contribution in [3.63, 3.8) is 0 Å². The van der Waals surface area contributed by atoms with Crippen molar-refractivity contribution in [3.05, 3.63) is 76.5 Å². The largest absolute Gasteiger partial charge is 0.281 e. The van der Waals surface area contributed by atoms with Crippen molar-refractivity contribution in [1.82, 2.24) is 4.57 Å². The molecule has 0 saturated carbocycles. The van der Waals surface area contributed by atoms with Gasteiger partial charge in [-0.2, -0.15) is 0 Å². The first-order valence-corrected chi connectivity index (χ1v) is 6.60. The predicted molar refractivity (Wildman–Crippen MR) is 78.9 cm³/mol. The quantitative estimate of drug-likeness (QED) is 0.694. The van der Waals surface area contributed by atoms with Gasteiger partial charge >= 0.3 is 0 Å². The Kier molecular flexibility index (Phi) is 3.11. The summed E-state index contributed by atoms with van der Waals surface area (Å²) in [6, 6.07) is 15.7. The monoisotopic (exact) mass is 267 g/mol. The van der Waals surface area contributed by atoms with Gasteiger partial charge in [-0.05, 0) is 42.1 Å². The van der Waals surface area contributed by atoms with E-state index >= 15 is 0 Å². The van der Waals surface area contributed by atoms with Crippen LogP contribution in [0.1, 0.15) is 12.6 Å². The van der Waals surface area contributed by atoms with E-state index in [4.69, 9.17) is 0 Å². The number of hydrogen-bond acceptors (Lipinski definition) is 1. The number of fused-ring (bicyclic) bond motifs is 1. The molecule has 100 valence electrons. The first kappa shape index (κ1) is 12.6. The summed E-state index contributed by atoms with van der Waals surface area (Å²) in [6.45, 7) is 2.00. The maximum Gasteiger partial charge on any atom is 0.263 e. The average molecular weight is 267 g/mol. The fraction of sp³-hybridized carbons (Fsp3) is 0.118. The van der Waals surface area contributed by atoms with E-state index in [0.29, 0.717) is 5.39 Å². The van der Waals surface area contributed by atoms with E-state index in [-0.39, 0.29) is 5.56 Å². The van der Waals surface area contributed by atoms with Crippen molar-refractivity contribution in [2.24, 2.45) is 0 Å². The second-order valence-electron chi connectivity index (χ2n) is 4.70. The van der Waals surface area contributed by atoms with Crippen LogP contribution >= 0.6 is 0 Å². The average Bonchev–Trinajstić information content (AvgIpc) is 2.48. The van der Waals surface area contributed by atoms with Gasteiger partial charge in [-0.25, -0.2) is 4.39 Å². The highest BCUT2D eigenvalue weighted by Crippen LogP contribution is 2.17. The zero-order valence-corrected chi connectivity index (χ0v) is 11.1. The SMILES string of the molecule is CCc1cc2ccc(F)cc2c(=O)n1-c1ccccc1. The van der Waals surface area contributed by atoms with E-state index < -0.39 is 5.82 Å². The summed E-state index contributed by atoms with van der Waals surface area (Å²) in [4.78, 5) is 12.7. The normalized spacial score (nSPS) is 10.9. The molecular formula is C17H14FNO. The molecule has 0 aliphatic carbocycles. The van der Waals surface area contributed by atoms with Crippen LogP contribution in [0, 0.1) is 5.82 Å². The van der Waals surface area contributed by atoms with Crippen molar-refractivity contribution in [1.29, 1.82) is 0 Å². The summed E-state index contributed by atoms with van der Waals surface area (Å²) in [6.07, 6.45) is 0.734. The van der Waals surface area contributed by atoms with Crippen LogP contribution < -0.4 is 5.56 Å². The Labute approximate surface area is 116 Å². The molecular weight excluding hydrogens is 253 g/mol. The second-order valence-corrected chi connectivity index (χ2v) is 4.70. The number of rotatable bonds is 2. The zero-order valence-electron chi connectivity index (χ0n) is 11.1. The lowest BCUT2D eigenvalue weighted by Crippen LogP contribution is -2.21. The molecule has 1 aromatic heterocycles. The first-order chi connectivity index (χ1) is 9.70. The molecule has 3 rings (SSSR count). The molecule has 1 heterocycles. The molecule has 0 aliphatic rings. The molecule has 20 heavy (non-hydrogen) atoms. The summed E-state index contributed by atoms with van der Waals surface area (Å²) in [7, 11) is 0. The number of benzene rings is 2. The lowest BCUT2D eigenvalue weighted by Gasteiger charge is -2.13. The number of aromatic nitrogens is 1. The van der Waals surface area contributed by atoms with Crippen LogP contribution in [0.5, 0.6) is 0 Å². The Morgan fingerprint density at radius 1 is 1.05 bits per heavy atom. The molecule has 0 fully saturated rings. The highest BCUT2D eigenvalue weighted by molar-refractivity contribution is 5.82. The van der Waals surface area contributed by atoms with Crippen LogP contribution in [0.2, 0.25) is 0 Å². The standard InChI is InChI=1S/C17H14FNO/c1-2-14-10-12-8-9-13(18)11-16(12)17(20)19(14)15-6-4-3-5-7-15/h3-11H,2H2,1H3. The maximum absolute atomic E-state index is 13.4. The summed E-state index contributed by atoms with van der Waals surface area (Å²) in [5.41, 5.74) is 1.55. The van der Waals surface area contributed by atoms with Gasteiger partial charge in [0.25, 0.3) is 5.56 Å². The Balaban J connectivity index is 2.41. The van der Waals surface area contributed by atoms with Crippen LogP contribution in [0.4, 0.5) is 4.39 Å². The van der Waals surface area contributed by atoms with Crippen molar-refractivity contribution >= 4 is 10.8 Å². The van der Waals surface area contributed by atoms with Crippen LogP contribution in [0.25, 0.3) is 16.5 Å². The molecule has 0 aliphatic heterocycles. The van der Waals surface area contributed by atoms with Gasteiger partial charge in [0.1, 0.15) is 5.82 Å². The van der Waals surface area contributed by atoms with Crippen molar-refractivity contribution in [3.8, 4) is 5.69 Å². The van der Waals surface area contributed by atoms with Gasteiger partial charge in [0, 0.05) is 11.4 Å². The molecule has 0 radical (unpaired) electrons. The van der Waals surface area contributed by atoms with E-state index in [9.17, 15) is 9.18 Å². The molecule has 3 heteroatoms. The number of halogens is 1. The first-order valence-electron chi connectivity index (χ1n) is 6.60. The molecule has 0 saturated heterocycles. The highest BCUT2D eigenvalue weighted by Gasteiger charge is 2.10. The highest BCUT2D eigenvalue weighted by atomic mass is 19.1. The van der Waals surface area contributed by atoms with Gasteiger partial charge in [0.2, 0.25) is 0 Å². The molecule has 0 N–H and O–H groups in total. The topological polar surface area (TPSA) is 22.0 Å². The third-order valence-corrected chi connectivity index (χ3v) is 3.43. The molecule has 0 unspecified atom stereocenters. The molecule has 0 bridgehead atoms. The lowest BCUT2D eigenvalue weighted by molar-refractivity contribution is 0.629. The van der Waals surface area contributed by atoms with Gasteiger partial charge in [-0.1, -0.05) is 31.2 Å². The Bertz CT molecular complexity index is 822. The second kappa shape index (κ2) is 4.93. The van der Waals surface area contributed by atoms with Gasteiger partial charge in [-0.15, -0.1) is 0 Å². The number of aryl methyl sites for hydroxylation is 1. The van der Waals surface area contributed by atoms with E-state index in [1.165, 1.54) is 12.1 Å². The number of para-hydroxylation sites is 1. The van der Waals surface area contributed by atoms with Gasteiger partial charge in [0.15, 0.2) is 0 Å². The minimum Gasteiger partial charge on any atom is -0.281 e. The van der Waals surface area contributed by atoms with E-state index in [1.54, 1.807) is 10.6 Å². The molecule has 3 aromatic rings. The Morgan fingerprint density at radius 3 is 2.50 bits per heavy atom. The molecule has 2 aromatic carbocycles. The Hall–Kier alpha value is -2.42.